The summed E-state index contributed by atoms with van der Waals surface area (Å²) in [5, 5.41) is 13.0. The lowest BCUT2D eigenvalue weighted by Crippen LogP contribution is -2.35. The molecule has 0 spiro atoms. The lowest BCUT2D eigenvalue weighted by molar-refractivity contribution is 0.0519. The van der Waals surface area contributed by atoms with Gasteiger partial charge in [0, 0.05) is 25.1 Å². The van der Waals surface area contributed by atoms with Crippen LogP contribution < -0.4 is 10.9 Å². The van der Waals surface area contributed by atoms with Crippen molar-refractivity contribution in [2.24, 2.45) is 7.05 Å². The molecule has 1 aliphatic carbocycles. The third kappa shape index (κ3) is 5.98. The van der Waals surface area contributed by atoms with E-state index in [-0.39, 0.29) is 24.4 Å². The predicted molar refractivity (Wildman–Crippen MR) is 149 cm³/mol. The first-order valence-corrected chi connectivity index (χ1v) is 13.2. The lowest BCUT2D eigenvalue weighted by Gasteiger charge is -2.20. The minimum absolute atomic E-state index is 0.0636. The minimum Gasteiger partial charge on any atom is -0.462 e. The molecule has 11 nitrogen and oxygen atoms in total. The summed E-state index contributed by atoms with van der Waals surface area (Å²) in [5.41, 5.74) is 10.4. The molecule has 0 unspecified atom stereocenters. The molecule has 1 fully saturated rings. The average Bonchev–Trinajstić information content (AvgIpc) is 3.36. The van der Waals surface area contributed by atoms with E-state index in [9.17, 15) is 9.59 Å². The minimum atomic E-state index is -0.596. The van der Waals surface area contributed by atoms with Crippen molar-refractivity contribution < 1.29 is 19.1 Å². The standard InChI is InChI=1S/C29H33N7O4/c1-6-39-27(37)24-16-30-36(26(24)23-15-22(23)25-17-35(5)34-32-25)21-12-8-10-19(14-21)18-9-7-11-20(13-18)31-33-28(38)40-29(2,3)4/h7-14,16-17,22-23,31H,6,15H2,1-5H3,(H,33,38)/t22-,23-/m1/s1. The van der Waals surface area contributed by atoms with Gasteiger partial charge in [0.05, 0.1) is 35.6 Å². The molecule has 0 saturated heterocycles. The number of nitrogens with one attached hydrogen (secondary N) is 2. The summed E-state index contributed by atoms with van der Waals surface area (Å²) in [5.74, 6) is -0.171. The first-order valence-electron chi connectivity index (χ1n) is 13.2. The average molecular weight is 544 g/mol. The van der Waals surface area contributed by atoms with Gasteiger partial charge in [-0.25, -0.2) is 19.7 Å². The maximum atomic E-state index is 12.8. The first kappa shape index (κ1) is 26.9. The Morgan fingerprint density at radius 2 is 1.82 bits per heavy atom. The monoisotopic (exact) mass is 543 g/mol. The first-order chi connectivity index (χ1) is 19.1. The molecule has 0 radical (unpaired) electrons. The molecule has 4 aromatic rings. The number of aromatic nitrogens is 5. The van der Waals surface area contributed by atoms with E-state index in [1.165, 1.54) is 0 Å². The third-order valence-corrected chi connectivity index (χ3v) is 6.44. The Morgan fingerprint density at radius 3 is 2.52 bits per heavy atom. The van der Waals surface area contributed by atoms with E-state index in [4.69, 9.17) is 9.47 Å². The van der Waals surface area contributed by atoms with Crippen molar-refractivity contribution in [1.82, 2.24) is 30.2 Å². The molecule has 1 saturated carbocycles. The highest BCUT2D eigenvalue weighted by Gasteiger charge is 2.46. The number of hydrogen-bond acceptors (Lipinski definition) is 8. The summed E-state index contributed by atoms with van der Waals surface area (Å²) in [4.78, 5) is 24.9. The van der Waals surface area contributed by atoms with Gasteiger partial charge in [-0.3, -0.25) is 10.1 Å². The molecule has 2 aromatic carbocycles. The van der Waals surface area contributed by atoms with Crippen molar-refractivity contribution in [2.45, 2.75) is 51.6 Å². The summed E-state index contributed by atoms with van der Waals surface area (Å²) in [6, 6.07) is 15.6. The van der Waals surface area contributed by atoms with Crippen LogP contribution in [-0.2, 0) is 16.5 Å². The highest BCUT2D eigenvalue weighted by Crippen LogP contribution is 2.55. The largest absolute Gasteiger partial charge is 0.462 e. The van der Waals surface area contributed by atoms with Crippen LogP contribution in [0.15, 0.2) is 60.9 Å². The number of benzene rings is 2. The van der Waals surface area contributed by atoms with Crippen molar-refractivity contribution in [3.8, 4) is 16.8 Å². The van der Waals surface area contributed by atoms with Crippen LogP contribution in [-0.4, -0.2) is 49.0 Å². The quantitative estimate of drug-likeness (QED) is 0.236. The SMILES string of the molecule is CCOC(=O)c1cnn(-c2cccc(-c3cccc(NNC(=O)OC(C)(C)C)c3)c2)c1[C@@H]1C[C@H]1c1cn(C)nn1. The molecule has 5 rings (SSSR count). The van der Waals surface area contributed by atoms with Crippen LogP contribution in [0.25, 0.3) is 16.8 Å². The van der Waals surface area contributed by atoms with Gasteiger partial charge in [0.1, 0.15) is 11.2 Å². The molecular weight excluding hydrogens is 510 g/mol. The zero-order chi connectivity index (χ0) is 28.4. The maximum Gasteiger partial charge on any atom is 0.426 e. The molecule has 1 amide bonds. The van der Waals surface area contributed by atoms with Gasteiger partial charge in [0.2, 0.25) is 0 Å². The van der Waals surface area contributed by atoms with Crippen LogP contribution in [0.5, 0.6) is 0 Å². The molecule has 0 aliphatic heterocycles. The molecule has 2 aromatic heterocycles. The number of hydrazine groups is 1. The summed E-state index contributed by atoms with van der Waals surface area (Å²) in [6.45, 7) is 7.49. The molecular formula is C29H33N7O4. The molecule has 40 heavy (non-hydrogen) atoms. The molecule has 2 atom stereocenters. The number of hydrogen-bond donors (Lipinski definition) is 2. The van der Waals surface area contributed by atoms with Crippen LogP contribution in [0.4, 0.5) is 10.5 Å². The topological polar surface area (TPSA) is 125 Å². The Kier molecular flexibility index (Phi) is 7.29. The van der Waals surface area contributed by atoms with Gasteiger partial charge in [-0.05, 0) is 69.5 Å². The molecule has 2 heterocycles. The summed E-state index contributed by atoms with van der Waals surface area (Å²) in [6.07, 6.45) is 3.77. The number of nitrogens with zero attached hydrogens (tertiary/aromatic N) is 5. The number of amides is 1. The smallest absolute Gasteiger partial charge is 0.426 e. The van der Waals surface area contributed by atoms with Crippen LogP contribution in [0.3, 0.4) is 0 Å². The number of esters is 1. The number of anilines is 1. The molecule has 2 N–H and O–H groups in total. The molecule has 11 heteroatoms. The van der Waals surface area contributed by atoms with E-state index in [0.29, 0.717) is 11.3 Å². The fourth-order valence-corrected chi connectivity index (χ4v) is 4.67. The van der Waals surface area contributed by atoms with Crippen molar-refractivity contribution in [3.63, 3.8) is 0 Å². The second-order valence-electron chi connectivity index (χ2n) is 10.7. The van der Waals surface area contributed by atoms with Gasteiger partial charge in [-0.15, -0.1) is 5.10 Å². The Hall–Kier alpha value is -4.67. The highest BCUT2D eigenvalue weighted by molar-refractivity contribution is 5.91. The van der Waals surface area contributed by atoms with E-state index < -0.39 is 11.7 Å². The third-order valence-electron chi connectivity index (χ3n) is 6.44. The number of carbonyl (C=O) groups excluding carboxylic acids is 2. The van der Waals surface area contributed by atoms with E-state index in [2.05, 4.69) is 26.3 Å². The molecule has 208 valence electrons. The predicted octanol–water partition coefficient (Wildman–Crippen LogP) is 4.97. The van der Waals surface area contributed by atoms with Crippen LogP contribution in [0.2, 0.25) is 0 Å². The second-order valence-corrected chi connectivity index (χ2v) is 10.7. The van der Waals surface area contributed by atoms with Gasteiger partial charge in [0.25, 0.3) is 0 Å². The van der Waals surface area contributed by atoms with Gasteiger partial charge >= 0.3 is 12.1 Å². The zero-order valence-corrected chi connectivity index (χ0v) is 23.2. The zero-order valence-electron chi connectivity index (χ0n) is 23.2. The van der Waals surface area contributed by atoms with Gasteiger partial charge in [0.15, 0.2) is 0 Å². The normalized spacial score (nSPS) is 16.3. The van der Waals surface area contributed by atoms with Crippen molar-refractivity contribution in [3.05, 3.63) is 77.9 Å². The molecule has 1 aliphatic rings. The number of ether oxygens (including phenoxy) is 2. The van der Waals surface area contributed by atoms with Crippen LogP contribution in [0.1, 0.15) is 67.7 Å². The van der Waals surface area contributed by atoms with Crippen molar-refractivity contribution in [1.29, 1.82) is 0 Å². The fraction of sp³-hybridized carbons (Fsp3) is 0.345. The summed E-state index contributed by atoms with van der Waals surface area (Å²) in [7, 11) is 1.84. The van der Waals surface area contributed by atoms with Gasteiger partial charge in [-0.1, -0.05) is 29.5 Å². The number of rotatable bonds is 8. The van der Waals surface area contributed by atoms with Gasteiger partial charge < -0.3 is 9.47 Å². The second kappa shape index (κ2) is 10.8. The Balaban J connectivity index is 1.42. The number of carbonyl (C=O) groups is 2. The highest BCUT2D eigenvalue weighted by atomic mass is 16.6. The van der Waals surface area contributed by atoms with Crippen molar-refractivity contribution >= 4 is 17.7 Å². The van der Waals surface area contributed by atoms with Crippen LogP contribution in [0, 0.1) is 0 Å². The van der Waals surface area contributed by atoms with E-state index in [0.717, 1.165) is 34.6 Å². The van der Waals surface area contributed by atoms with Crippen LogP contribution >= 0.6 is 0 Å². The Bertz CT molecular complexity index is 1540. The summed E-state index contributed by atoms with van der Waals surface area (Å²) >= 11 is 0. The van der Waals surface area contributed by atoms with E-state index in [1.807, 2.05) is 66.5 Å². The molecule has 0 bridgehead atoms. The number of aryl methyl sites for hydroxylation is 1. The lowest BCUT2D eigenvalue weighted by atomic mass is 10.0. The van der Waals surface area contributed by atoms with Gasteiger partial charge in [-0.2, -0.15) is 5.10 Å². The van der Waals surface area contributed by atoms with Crippen molar-refractivity contribution in [2.75, 3.05) is 12.0 Å². The fourth-order valence-electron chi connectivity index (χ4n) is 4.67. The van der Waals surface area contributed by atoms with E-state index >= 15 is 0 Å². The Labute approximate surface area is 232 Å². The maximum absolute atomic E-state index is 12.8. The van der Waals surface area contributed by atoms with E-state index in [1.54, 1.807) is 38.6 Å². The summed E-state index contributed by atoms with van der Waals surface area (Å²) < 4.78 is 14.1. The Morgan fingerprint density at radius 1 is 1.07 bits per heavy atom.